The van der Waals surface area contributed by atoms with Crippen molar-refractivity contribution in [2.24, 2.45) is 4.99 Å². The van der Waals surface area contributed by atoms with Gasteiger partial charge in [-0.05, 0) is 22.9 Å². The lowest BCUT2D eigenvalue weighted by molar-refractivity contribution is -0.119. The summed E-state index contributed by atoms with van der Waals surface area (Å²) in [6, 6.07) is 12.5. The molecule has 24 heavy (non-hydrogen) atoms. The van der Waals surface area contributed by atoms with Gasteiger partial charge in [0.05, 0.1) is 11.4 Å². The van der Waals surface area contributed by atoms with Crippen molar-refractivity contribution in [3.63, 3.8) is 0 Å². The number of hydrogen-bond acceptors (Lipinski definition) is 5. The number of thioether (sulfide) groups is 1. The first-order chi connectivity index (χ1) is 11.5. The van der Waals surface area contributed by atoms with Gasteiger partial charge >= 0.3 is 0 Å². The number of amides is 1. The van der Waals surface area contributed by atoms with Crippen LogP contribution < -0.4 is 10.0 Å². The van der Waals surface area contributed by atoms with Crippen LogP contribution in [-0.2, 0) is 14.8 Å². The number of nitrogens with one attached hydrogen (secondary N) is 2. The molecule has 8 heteroatoms. The Morgan fingerprint density at radius 2 is 1.96 bits per heavy atom. The van der Waals surface area contributed by atoms with Crippen LogP contribution >= 0.6 is 11.8 Å². The third-order valence-corrected chi connectivity index (χ3v) is 5.86. The van der Waals surface area contributed by atoms with Gasteiger partial charge in [0.25, 0.3) is 0 Å². The molecule has 0 saturated carbocycles. The molecule has 3 rings (SSSR count). The van der Waals surface area contributed by atoms with Gasteiger partial charge in [-0.3, -0.25) is 9.79 Å². The normalized spacial score (nSPS) is 14.6. The molecule has 2 N–H and O–H groups in total. The van der Waals surface area contributed by atoms with Crippen molar-refractivity contribution in [2.45, 2.75) is 11.3 Å². The van der Waals surface area contributed by atoms with E-state index in [1.165, 1.54) is 11.8 Å². The molecule has 1 amide bonds. The van der Waals surface area contributed by atoms with Gasteiger partial charge in [0, 0.05) is 18.7 Å². The van der Waals surface area contributed by atoms with Crippen LogP contribution in [0.25, 0.3) is 10.8 Å². The fourth-order valence-electron chi connectivity index (χ4n) is 2.31. The molecule has 0 aliphatic carbocycles. The molecule has 0 fully saturated rings. The summed E-state index contributed by atoms with van der Waals surface area (Å²) in [5, 5.41) is 5.11. The zero-order valence-electron chi connectivity index (χ0n) is 12.9. The van der Waals surface area contributed by atoms with E-state index in [1.807, 2.05) is 24.3 Å². The number of aliphatic imine (C=N–C) groups is 1. The average molecular weight is 363 g/mol. The van der Waals surface area contributed by atoms with Crippen molar-refractivity contribution in [2.75, 3.05) is 18.8 Å². The maximum Gasteiger partial charge on any atom is 0.240 e. The van der Waals surface area contributed by atoms with E-state index < -0.39 is 10.0 Å². The second-order valence-corrected chi connectivity index (χ2v) is 8.09. The number of fused-ring (bicyclic) bond motifs is 1. The summed E-state index contributed by atoms with van der Waals surface area (Å²) in [6.07, 6.45) is 0.0619. The molecule has 2 aromatic carbocycles. The Kier molecular flexibility index (Phi) is 5.17. The largest absolute Gasteiger partial charge is 0.305 e. The predicted molar refractivity (Wildman–Crippen MR) is 96.7 cm³/mol. The minimum Gasteiger partial charge on any atom is -0.305 e. The van der Waals surface area contributed by atoms with Crippen LogP contribution in [0.5, 0.6) is 0 Å². The van der Waals surface area contributed by atoms with Gasteiger partial charge in [0.2, 0.25) is 15.9 Å². The number of amidine groups is 1. The van der Waals surface area contributed by atoms with E-state index in [9.17, 15) is 13.2 Å². The number of sulfonamides is 1. The topological polar surface area (TPSA) is 87.6 Å². The molecule has 0 spiro atoms. The molecule has 0 aromatic heterocycles. The molecule has 126 valence electrons. The standard InChI is InChI=1S/C16H17N3O3S2/c20-15(19-16-17-9-10-23-16)7-8-18-24(21,22)14-6-5-12-3-1-2-4-13(12)11-14/h1-6,11,18H,7-10H2,(H,17,19,20). The van der Waals surface area contributed by atoms with E-state index in [1.54, 1.807) is 18.2 Å². The number of nitrogens with zero attached hydrogens (tertiary/aromatic N) is 1. The third-order valence-electron chi connectivity index (χ3n) is 3.51. The highest BCUT2D eigenvalue weighted by atomic mass is 32.2. The fraction of sp³-hybridized carbons (Fsp3) is 0.250. The lowest BCUT2D eigenvalue weighted by Gasteiger charge is -2.08. The van der Waals surface area contributed by atoms with Crippen molar-refractivity contribution in [1.82, 2.24) is 10.0 Å². The van der Waals surface area contributed by atoms with Gasteiger partial charge in [0.15, 0.2) is 5.17 Å². The Labute approximate surface area is 144 Å². The van der Waals surface area contributed by atoms with Gasteiger partial charge < -0.3 is 5.32 Å². The van der Waals surface area contributed by atoms with Crippen molar-refractivity contribution in [3.8, 4) is 0 Å². The van der Waals surface area contributed by atoms with E-state index in [0.29, 0.717) is 11.7 Å². The van der Waals surface area contributed by atoms with Crippen LogP contribution in [0.2, 0.25) is 0 Å². The van der Waals surface area contributed by atoms with Crippen LogP contribution in [0.3, 0.4) is 0 Å². The van der Waals surface area contributed by atoms with Gasteiger partial charge in [-0.2, -0.15) is 0 Å². The van der Waals surface area contributed by atoms with Crippen LogP contribution in [-0.4, -0.2) is 38.3 Å². The molecule has 0 saturated heterocycles. The molecular weight excluding hydrogens is 346 g/mol. The van der Waals surface area contributed by atoms with Crippen LogP contribution in [0, 0.1) is 0 Å². The maximum atomic E-state index is 12.3. The first kappa shape index (κ1) is 16.9. The van der Waals surface area contributed by atoms with E-state index in [-0.39, 0.29) is 23.8 Å². The Hall–Kier alpha value is -1.90. The molecule has 1 aliphatic heterocycles. The first-order valence-corrected chi connectivity index (χ1v) is 9.97. The van der Waals surface area contributed by atoms with Crippen molar-refractivity contribution >= 4 is 43.6 Å². The summed E-state index contributed by atoms with van der Waals surface area (Å²) in [4.78, 5) is 16.1. The summed E-state index contributed by atoms with van der Waals surface area (Å²) >= 11 is 1.49. The first-order valence-electron chi connectivity index (χ1n) is 7.50. The molecule has 0 unspecified atom stereocenters. The number of hydrogen-bond donors (Lipinski definition) is 2. The van der Waals surface area contributed by atoms with Crippen LogP contribution in [0.4, 0.5) is 0 Å². The summed E-state index contributed by atoms with van der Waals surface area (Å²) < 4.78 is 27.1. The van der Waals surface area contributed by atoms with Gasteiger partial charge in [-0.1, -0.05) is 42.1 Å². The molecule has 1 aliphatic rings. The molecule has 1 heterocycles. The minimum absolute atomic E-state index is 0.0406. The zero-order valence-corrected chi connectivity index (χ0v) is 14.5. The lowest BCUT2D eigenvalue weighted by Crippen LogP contribution is -2.32. The molecule has 0 atom stereocenters. The number of carbonyl (C=O) groups is 1. The van der Waals surface area contributed by atoms with E-state index in [4.69, 9.17) is 0 Å². The Morgan fingerprint density at radius 3 is 2.71 bits per heavy atom. The molecule has 0 radical (unpaired) electrons. The highest BCUT2D eigenvalue weighted by Crippen LogP contribution is 2.18. The van der Waals surface area contributed by atoms with E-state index in [2.05, 4.69) is 15.0 Å². The van der Waals surface area contributed by atoms with Crippen LogP contribution in [0.15, 0.2) is 52.4 Å². The van der Waals surface area contributed by atoms with Crippen molar-refractivity contribution < 1.29 is 13.2 Å². The van der Waals surface area contributed by atoms with Crippen molar-refractivity contribution in [1.29, 1.82) is 0 Å². The van der Waals surface area contributed by atoms with Gasteiger partial charge in [-0.15, -0.1) is 0 Å². The fourth-order valence-corrected chi connectivity index (χ4v) is 4.12. The number of benzene rings is 2. The molecule has 2 aromatic rings. The second kappa shape index (κ2) is 7.33. The predicted octanol–water partition coefficient (Wildman–Crippen LogP) is 1.73. The summed E-state index contributed by atoms with van der Waals surface area (Å²) in [7, 11) is -3.64. The highest BCUT2D eigenvalue weighted by molar-refractivity contribution is 8.14. The Balaban J connectivity index is 1.59. The SMILES string of the molecule is O=C(CCNS(=O)(=O)c1ccc2ccccc2c1)NC1=NCCS1. The van der Waals surface area contributed by atoms with Crippen molar-refractivity contribution in [3.05, 3.63) is 42.5 Å². The molecule has 0 bridgehead atoms. The number of carbonyl (C=O) groups excluding carboxylic acids is 1. The van der Waals surface area contributed by atoms with E-state index in [0.717, 1.165) is 16.5 Å². The highest BCUT2D eigenvalue weighted by Gasteiger charge is 2.16. The monoisotopic (exact) mass is 363 g/mol. The third kappa shape index (κ3) is 4.14. The Morgan fingerprint density at radius 1 is 1.17 bits per heavy atom. The maximum absolute atomic E-state index is 12.3. The van der Waals surface area contributed by atoms with Gasteiger partial charge in [0.1, 0.15) is 0 Å². The smallest absolute Gasteiger partial charge is 0.240 e. The molecular formula is C16H17N3O3S2. The molecule has 6 nitrogen and oxygen atoms in total. The summed E-state index contributed by atoms with van der Waals surface area (Å²) in [6.45, 7) is 0.744. The summed E-state index contributed by atoms with van der Waals surface area (Å²) in [5.41, 5.74) is 0. The average Bonchev–Trinajstić information content (AvgIpc) is 3.07. The lowest BCUT2D eigenvalue weighted by atomic mass is 10.1. The summed E-state index contributed by atoms with van der Waals surface area (Å²) in [5.74, 6) is 0.619. The zero-order chi connectivity index (χ0) is 17.0. The minimum atomic E-state index is -3.64. The van der Waals surface area contributed by atoms with E-state index >= 15 is 0 Å². The number of rotatable bonds is 5. The van der Waals surface area contributed by atoms with Crippen LogP contribution in [0.1, 0.15) is 6.42 Å². The quantitative estimate of drug-likeness (QED) is 0.847. The second-order valence-electron chi connectivity index (χ2n) is 5.24. The Bertz CT molecular complexity index is 894. The van der Waals surface area contributed by atoms with Gasteiger partial charge in [-0.25, -0.2) is 13.1 Å².